The molecule has 1 amide bonds. The number of aromatic nitrogens is 3. The molecule has 226 valence electrons. The maximum atomic E-state index is 13.1. The summed E-state index contributed by atoms with van der Waals surface area (Å²) in [4.78, 5) is 13.1. The van der Waals surface area contributed by atoms with Crippen LogP contribution in [0.15, 0.2) is 54.6 Å². The van der Waals surface area contributed by atoms with Crippen LogP contribution in [-0.2, 0) is 13.6 Å². The SMILES string of the molecule is Cn1c(CNc2cccc(C(=O)N[C@H](CCO)c3ccccc3)c2)nnc1C1CCNC2(CCCCCCCCC2)N1. The van der Waals surface area contributed by atoms with E-state index in [0.29, 0.717) is 18.5 Å². The van der Waals surface area contributed by atoms with Gasteiger partial charge in [-0.2, -0.15) is 0 Å². The number of aliphatic hydroxyl groups excluding tert-OH is 1. The van der Waals surface area contributed by atoms with Gasteiger partial charge >= 0.3 is 0 Å². The van der Waals surface area contributed by atoms with Crippen molar-refractivity contribution in [2.75, 3.05) is 18.5 Å². The molecule has 0 radical (unpaired) electrons. The van der Waals surface area contributed by atoms with Crippen LogP contribution in [0, 0.1) is 0 Å². The molecule has 1 saturated heterocycles. The zero-order chi connectivity index (χ0) is 29.2. The minimum absolute atomic E-state index is 0.00496. The fraction of sp³-hybridized carbons (Fsp3) is 0.545. The summed E-state index contributed by atoms with van der Waals surface area (Å²) in [6.07, 6.45) is 13.0. The van der Waals surface area contributed by atoms with E-state index in [9.17, 15) is 9.90 Å². The summed E-state index contributed by atoms with van der Waals surface area (Å²) < 4.78 is 2.11. The highest BCUT2D eigenvalue weighted by atomic mass is 16.3. The van der Waals surface area contributed by atoms with E-state index in [1.54, 1.807) is 6.07 Å². The van der Waals surface area contributed by atoms with Crippen LogP contribution in [-0.4, -0.2) is 44.6 Å². The second-order valence-electron chi connectivity index (χ2n) is 11.9. The van der Waals surface area contributed by atoms with Gasteiger partial charge in [-0.15, -0.1) is 10.2 Å². The van der Waals surface area contributed by atoms with Gasteiger partial charge in [0.05, 0.1) is 24.3 Å². The maximum Gasteiger partial charge on any atom is 0.251 e. The summed E-state index contributed by atoms with van der Waals surface area (Å²) in [5.41, 5.74) is 2.36. The Labute approximate surface area is 249 Å². The van der Waals surface area contributed by atoms with Crippen molar-refractivity contribution in [3.63, 3.8) is 0 Å². The number of carbonyl (C=O) groups excluding carboxylic acids is 1. The Bertz CT molecular complexity index is 1270. The standard InChI is InChI=1S/C33H47N7O2/c1-40-30(38-39-31(40)29-17-21-35-33(37-29)19-10-5-3-2-4-6-11-20-33)24-34-27-16-12-15-26(23-27)32(42)36-28(18-22-41)25-13-8-7-9-14-25/h7-9,12-16,23,28-29,34-35,37,41H,2-6,10-11,17-22,24H2,1H3,(H,36,42)/t28-,29?/m1/s1. The number of nitrogens with one attached hydrogen (secondary N) is 4. The molecule has 9 nitrogen and oxygen atoms in total. The molecule has 0 bridgehead atoms. The van der Waals surface area contributed by atoms with Crippen molar-refractivity contribution in [2.45, 2.75) is 94.9 Å². The Kier molecular flexibility index (Phi) is 10.6. The highest BCUT2D eigenvalue weighted by molar-refractivity contribution is 5.95. The molecule has 2 fully saturated rings. The molecule has 2 aliphatic rings. The Balaban J connectivity index is 1.21. The Morgan fingerprint density at radius 2 is 1.76 bits per heavy atom. The minimum Gasteiger partial charge on any atom is -0.396 e. The molecule has 42 heavy (non-hydrogen) atoms. The van der Waals surface area contributed by atoms with E-state index in [-0.39, 0.29) is 30.3 Å². The molecule has 9 heteroatoms. The van der Waals surface area contributed by atoms with Crippen LogP contribution >= 0.6 is 0 Å². The lowest BCUT2D eigenvalue weighted by molar-refractivity contribution is 0.0930. The fourth-order valence-corrected chi connectivity index (χ4v) is 6.45. The topological polar surface area (TPSA) is 116 Å². The monoisotopic (exact) mass is 573 g/mol. The minimum atomic E-state index is -0.253. The third kappa shape index (κ3) is 7.76. The Morgan fingerprint density at radius 3 is 2.50 bits per heavy atom. The van der Waals surface area contributed by atoms with Gasteiger partial charge in [-0.3, -0.25) is 15.4 Å². The van der Waals surface area contributed by atoms with Crippen LogP contribution in [0.2, 0.25) is 0 Å². The Morgan fingerprint density at radius 1 is 1.02 bits per heavy atom. The number of carbonyl (C=O) groups is 1. The van der Waals surface area contributed by atoms with Gasteiger partial charge in [-0.05, 0) is 56.0 Å². The van der Waals surface area contributed by atoms with Crippen molar-refractivity contribution in [3.8, 4) is 0 Å². The second kappa shape index (κ2) is 14.8. The number of benzene rings is 2. The van der Waals surface area contributed by atoms with Crippen molar-refractivity contribution >= 4 is 11.6 Å². The zero-order valence-electron chi connectivity index (χ0n) is 24.9. The third-order valence-corrected chi connectivity index (χ3v) is 8.86. The molecule has 1 aromatic heterocycles. The summed E-state index contributed by atoms with van der Waals surface area (Å²) >= 11 is 0. The Hall–Kier alpha value is -3.27. The van der Waals surface area contributed by atoms with Gasteiger partial charge < -0.3 is 20.3 Å². The van der Waals surface area contributed by atoms with E-state index in [1.807, 2.05) is 55.6 Å². The number of hydrogen-bond donors (Lipinski definition) is 5. The van der Waals surface area contributed by atoms with E-state index >= 15 is 0 Å². The summed E-state index contributed by atoms with van der Waals surface area (Å²) in [5, 5.41) is 33.0. The summed E-state index contributed by atoms with van der Waals surface area (Å²) in [6, 6.07) is 17.2. The van der Waals surface area contributed by atoms with Gasteiger partial charge in [0.25, 0.3) is 5.91 Å². The highest BCUT2D eigenvalue weighted by Crippen LogP contribution is 2.30. The molecule has 3 aromatic rings. The van der Waals surface area contributed by atoms with E-state index in [4.69, 9.17) is 0 Å². The molecule has 1 aliphatic heterocycles. The lowest BCUT2D eigenvalue weighted by atomic mass is 9.89. The normalized spacial score (nSPS) is 20.1. The first-order valence-corrected chi connectivity index (χ1v) is 15.8. The molecule has 1 spiro atoms. The third-order valence-electron chi connectivity index (χ3n) is 8.86. The first-order valence-electron chi connectivity index (χ1n) is 15.8. The van der Waals surface area contributed by atoms with E-state index < -0.39 is 0 Å². The molecule has 2 aromatic carbocycles. The summed E-state index contributed by atoms with van der Waals surface area (Å²) in [6.45, 7) is 1.48. The van der Waals surface area contributed by atoms with Crippen molar-refractivity contribution in [1.29, 1.82) is 0 Å². The molecule has 1 aliphatic carbocycles. The van der Waals surface area contributed by atoms with Crippen molar-refractivity contribution in [3.05, 3.63) is 77.4 Å². The maximum absolute atomic E-state index is 13.1. The van der Waals surface area contributed by atoms with E-state index in [1.165, 1.54) is 44.9 Å². The molecule has 2 heterocycles. The second-order valence-corrected chi connectivity index (χ2v) is 11.9. The van der Waals surface area contributed by atoms with Crippen LogP contribution in [0.3, 0.4) is 0 Å². The highest BCUT2D eigenvalue weighted by Gasteiger charge is 2.36. The number of nitrogens with zero attached hydrogens (tertiary/aromatic N) is 3. The molecule has 5 N–H and O–H groups in total. The fourth-order valence-electron chi connectivity index (χ4n) is 6.45. The average molecular weight is 574 g/mol. The van der Waals surface area contributed by atoms with Crippen LogP contribution in [0.25, 0.3) is 0 Å². The number of hydrogen-bond acceptors (Lipinski definition) is 7. The lowest BCUT2D eigenvalue weighted by Crippen LogP contribution is -2.62. The van der Waals surface area contributed by atoms with Crippen molar-refractivity contribution in [1.82, 2.24) is 30.7 Å². The van der Waals surface area contributed by atoms with Crippen molar-refractivity contribution < 1.29 is 9.90 Å². The van der Waals surface area contributed by atoms with Crippen LogP contribution in [0.4, 0.5) is 5.69 Å². The zero-order valence-corrected chi connectivity index (χ0v) is 24.9. The predicted octanol–water partition coefficient (Wildman–Crippen LogP) is 5.13. The van der Waals surface area contributed by atoms with Gasteiger partial charge in [0, 0.05) is 24.9 Å². The van der Waals surface area contributed by atoms with Crippen molar-refractivity contribution in [2.24, 2.45) is 7.05 Å². The lowest BCUT2D eigenvalue weighted by Gasteiger charge is -2.44. The predicted molar refractivity (Wildman–Crippen MR) is 166 cm³/mol. The molecule has 1 unspecified atom stereocenters. The number of rotatable bonds is 9. The van der Waals surface area contributed by atoms with E-state index in [0.717, 1.165) is 48.7 Å². The summed E-state index contributed by atoms with van der Waals surface area (Å²) in [7, 11) is 2.05. The quantitative estimate of drug-likeness (QED) is 0.241. The number of anilines is 1. The number of amides is 1. The number of aliphatic hydroxyl groups is 1. The molecular formula is C33H47N7O2. The molecular weight excluding hydrogens is 526 g/mol. The molecule has 5 rings (SSSR count). The van der Waals surface area contributed by atoms with Crippen LogP contribution in [0.5, 0.6) is 0 Å². The van der Waals surface area contributed by atoms with Gasteiger partial charge in [0.1, 0.15) is 5.82 Å². The molecule has 2 atom stereocenters. The first-order chi connectivity index (χ1) is 20.6. The van der Waals surface area contributed by atoms with Gasteiger partial charge in [0.15, 0.2) is 5.82 Å². The summed E-state index contributed by atoms with van der Waals surface area (Å²) in [5.74, 6) is 1.66. The smallest absolute Gasteiger partial charge is 0.251 e. The van der Waals surface area contributed by atoms with Crippen LogP contribution < -0.4 is 21.3 Å². The first kappa shape index (κ1) is 30.2. The van der Waals surface area contributed by atoms with Gasteiger partial charge in [-0.25, -0.2) is 0 Å². The van der Waals surface area contributed by atoms with E-state index in [2.05, 4.69) is 36.0 Å². The van der Waals surface area contributed by atoms with Crippen LogP contribution in [0.1, 0.15) is 110 Å². The largest absolute Gasteiger partial charge is 0.396 e. The average Bonchev–Trinajstić information content (AvgIpc) is 3.39. The van der Waals surface area contributed by atoms with Gasteiger partial charge in [0.2, 0.25) is 0 Å². The molecule has 1 saturated carbocycles. The van der Waals surface area contributed by atoms with Gasteiger partial charge in [-0.1, -0.05) is 81.3 Å².